The molecule has 1 heterocycles. The van der Waals surface area contributed by atoms with E-state index in [1.54, 1.807) is 0 Å². The number of carbonyl (C=O) groups is 1. The third-order valence-electron chi connectivity index (χ3n) is 6.39. The van der Waals surface area contributed by atoms with Crippen LogP contribution in [0.15, 0.2) is 23.1 Å². The lowest BCUT2D eigenvalue weighted by atomic mass is 9.78. The summed E-state index contributed by atoms with van der Waals surface area (Å²) < 4.78 is 40.2. The Labute approximate surface area is 171 Å². The molecule has 156 valence electrons. The quantitative estimate of drug-likeness (QED) is 0.789. The van der Waals surface area contributed by atoms with Crippen molar-refractivity contribution in [1.29, 1.82) is 0 Å². The average Bonchev–Trinajstić information content (AvgIpc) is 2.67. The minimum Gasteiger partial charge on any atom is -0.353 e. The first-order valence-corrected chi connectivity index (χ1v) is 11.8. The zero-order valence-corrected chi connectivity index (χ0v) is 17.9. The number of amides is 1. The molecular formula is C20H28ClFN2O3S. The van der Waals surface area contributed by atoms with Gasteiger partial charge in [-0.3, -0.25) is 4.79 Å². The van der Waals surface area contributed by atoms with Crippen molar-refractivity contribution in [3.8, 4) is 0 Å². The van der Waals surface area contributed by atoms with Crippen molar-refractivity contribution >= 4 is 27.5 Å². The average molecular weight is 431 g/mol. The van der Waals surface area contributed by atoms with Crippen LogP contribution in [0, 0.1) is 23.6 Å². The molecule has 0 bridgehead atoms. The molecule has 3 atom stereocenters. The molecule has 2 fully saturated rings. The third-order valence-corrected chi connectivity index (χ3v) is 8.57. The minimum absolute atomic E-state index is 0.0215. The lowest BCUT2D eigenvalue weighted by Gasteiger charge is -2.36. The van der Waals surface area contributed by atoms with E-state index < -0.39 is 15.8 Å². The van der Waals surface area contributed by atoms with E-state index in [1.807, 2.05) is 0 Å². The third kappa shape index (κ3) is 4.52. The highest BCUT2D eigenvalue weighted by molar-refractivity contribution is 7.89. The van der Waals surface area contributed by atoms with E-state index in [2.05, 4.69) is 19.2 Å². The second kappa shape index (κ2) is 8.67. The van der Waals surface area contributed by atoms with Crippen molar-refractivity contribution < 1.29 is 17.6 Å². The highest BCUT2D eigenvalue weighted by Crippen LogP contribution is 2.31. The second-order valence-electron chi connectivity index (χ2n) is 8.14. The summed E-state index contributed by atoms with van der Waals surface area (Å²) >= 11 is 5.73. The molecule has 1 aromatic carbocycles. The number of nitrogens with one attached hydrogen (secondary N) is 1. The maximum atomic E-state index is 13.3. The smallest absolute Gasteiger partial charge is 0.243 e. The van der Waals surface area contributed by atoms with Gasteiger partial charge < -0.3 is 5.32 Å². The lowest BCUT2D eigenvalue weighted by Crippen LogP contribution is -2.48. The Morgan fingerprint density at radius 2 is 1.86 bits per heavy atom. The number of nitrogens with zero attached hydrogens (tertiary/aromatic N) is 1. The van der Waals surface area contributed by atoms with E-state index in [4.69, 9.17) is 11.6 Å². The molecule has 0 radical (unpaired) electrons. The molecule has 0 spiro atoms. The molecule has 1 aliphatic heterocycles. The van der Waals surface area contributed by atoms with Gasteiger partial charge in [0.2, 0.25) is 15.9 Å². The number of benzene rings is 1. The Morgan fingerprint density at radius 3 is 2.50 bits per heavy atom. The molecule has 3 rings (SSSR count). The van der Waals surface area contributed by atoms with Crippen molar-refractivity contribution in [3.05, 3.63) is 29.0 Å². The van der Waals surface area contributed by atoms with Crippen LogP contribution >= 0.6 is 11.6 Å². The van der Waals surface area contributed by atoms with Gasteiger partial charge in [-0.1, -0.05) is 38.3 Å². The standard InChI is InChI=1S/C20H28ClFN2O3S/c1-13-4-3-5-19(14(13)2)23-20(25)15-8-10-24(11-9-15)28(26,27)16-6-7-18(22)17(21)12-16/h6-7,12-15,19H,3-5,8-11H2,1-2H3,(H,23,25)/t13-,14+,19+/m1/s1. The van der Waals surface area contributed by atoms with Crippen LogP contribution in [0.2, 0.25) is 5.02 Å². The molecule has 1 saturated carbocycles. The van der Waals surface area contributed by atoms with E-state index in [0.717, 1.165) is 25.0 Å². The predicted octanol–water partition coefficient (Wildman–Crippen LogP) is 3.82. The Kier molecular flexibility index (Phi) is 6.67. The van der Waals surface area contributed by atoms with Crippen molar-refractivity contribution in [1.82, 2.24) is 9.62 Å². The molecule has 28 heavy (non-hydrogen) atoms. The van der Waals surface area contributed by atoms with Crippen LogP contribution in [0.5, 0.6) is 0 Å². The van der Waals surface area contributed by atoms with Gasteiger partial charge in [0.1, 0.15) is 5.82 Å². The number of hydrogen-bond donors (Lipinski definition) is 1. The molecule has 1 N–H and O–H groups in total. The maximum absolute atomic E-state index is 13.3. The predicted molar refractivity (Wildman–Crippen MR) is 107 cm³/mol. The van der Waals surface area contributed by atoms with Gasteiger partial charge >= 0.3 is 0 Å². The molecule has 1 aromatic rings. The largest absolute Gasteiger partial charge is 0.353 e. The zero-order chi connectivity index (χ0) is 20.5. The van der Waals surface area contributed by atoms with E-state index in [0.29, 0.717) is 24.7 Å². The number of hydrogen-bond acceptors (Lipinski definition) is 3. The number of halogens is 2. The molecule has 1 saturated heterocycles. The van der Waals surface area contributed by atoms with Crippen LogP contribution in [-0.2, 0) is 14.8 Å². The summed E-state index contributed by atoms with van der Waals surface area (Å²) in [5.41, 5.74) is 0. The summed E-state index contributed by atoms with van der Waals surface area (Å²) in [6, 6.07) is 3.62. The zero-order valence-electron chi connectivity index (χ0n) is 16.3. The fourth-order valence-electron chi connectivity index (χ4n) is 4.23. The molecule has 1 amide bonds. The summed E-state index contributed by atoms with van der Waals surface area (Å²) in [6.45, 7) is 4.96. The van der Waals surface area contributed by atoms with Crippen LogP contribution in [0.4, 0.5) is 4.39 Å². The van der Waals surface area contributed by atoms with Crippen molar-refractivity contribution in [2.75, 3.05) is 13.1 Å². The number of carbonyl (C=O) groups excluding carboxylic acids is 1. The fourth-order valence-corrected chi connectivity index (χ4v) is 5.97. The van der Waals surface area contributed by atoms with Gasteiger partial charge in [-0.25, -0.2) is 12.8 Å². The van der Waals surface area contributed by atoms with E-state index in [9.17, 15) is 17.6 Å². The lowest BCUT2D eigenvalue weighted by molar-refractivity contribution is -0.127. The van der Waals surface area contributed by atoms with Gasteiger partial charge in [-0.2, -0.15) is 4.31 Å². The highest BCUT2D eigenvalue weighted by Gasteiger charge is 2.34. The van der Waals surface area contributed by atoms with E-state index >= 15 is 0 Å². The van der Waals surface area contributed by atoms with Gasteiger partial charge in [-0.15, -0.1) is 0 Å². The molecule has 8 heteroatoms. The van der Waals surface area contributed by atoms with Gasteiger partial charge in [-0.05, 0) is 49.3 Å². The fraction of sp³-hybridized carbons (Fsp3) is 0.650. The monoisotopic (exact) mass is 430 g/mol. The SMILES string of the molecule is C[C@H]1[C@H](C)CCC[C@@H]1NC(=O)C1CCN(S(=O)(=O)c2ccc(F)c(Cl)c2)CC1. The molecule has 5 nitrogen and oxygen atoms in total. The van der Waals surface area contributed by atoms with Crippen LogP contribution < -0.4 is 5.32 Å². The highest BCUT2D eigenvalue weighted by atomic mass is 35.5. The van der Waals surface area contributed by atoms with Gasteiger partial charge in [0.25, 0.3) is 0 Å². The van der Waals surface area contributed by atoms with Crippen LogP contribution in [-0.4, -0.2) is 37.8 Å². The molecule has 1 aliphatic carbocycles. The Morgan fingerprint density at radius 1 is 1.18 bits per heavy atom. The summed E-state index contributed by atoms with van der Waals surface area (Å²) in [5, 5.41) is 2.99. The summed E-state index contributed by atoms with van der Waals surface area (Å²) in [5.74, 6) is 0.276. The van der Waals surface area contributed by atoms with Crippen molar-refractivity contribution in [2.24, 2.45) is 17.8 Å². The summed E-state index contributed by atoms with van der Waals surface area (Å²) in [6.07, 6.45) is 4.31. The van der Waals surface area contributed by atoms with Crippen LogP contribution in [0.1, 0.15) is 46.0 Å². The number of piperidine rings is 1. The van der Waals surface area contributed by atoms with Crippen molar-refractivity contribution in [2.45, 2.75) is 56.9 Å². The molecule has 0 aromatic heterocycles. The Hall–Kier alpha value is -1.18. The van der Waals surface area contributed by atoms with Crippen LogP contribution in [0.3, 0.4) is 0 Å². The van der Waals surface area contributed by atoms with Gasteiger partial charge in [0.05, 0.1) is 9.92 Å². The first-order valence-electron chi connectivity index (χ1n) is 9.95. The van der Waals surface area contributed by atoms with Crippen LogP contribution in [0.25, 0.3) is 0 Å². The molecular weight excluding hydrogens is 403 g/mol. The van der Waals surface area contributed by atoms with Gasteiger partial charge in [0, 0.05) is 25.0 Å². The molecule has 2 aliphatic rings. The summed E-state index contributed by atoms with van der Waals surface area (Å²) in [7, 11) is -3.74. The number of sulfonamides is 1. The Balaban J connectivity index is 1.59. The maximum Gasteiger partial charge on any atom is 0.243 e. The number of rotatable bonds is 4. The van der Waals surface area contributed by atoms with E-state index in [-0.39, 0.29) is 40.9 Å². The molecule has 0 unspecified atom stereocenters. The topological polar surface area (TPSA) is 66.5 Å². The second-order valence-corrected chi connectivity index (χ2v) is 10.5. The first-order chi connectivity index (χ1) is 13.2. The Bertz CT molecular complexity index is 825. The minimum atomic E-state index is -3.74. The normalized spacial score (nSPS) is 27.5. The van der Waals surface area contributed by atoms with E-state index in [1.165, 1.54) is 16.8 Å². The summed E-state index contributed by atoms with van der Waals surface area (Å²) in [4.78, 5) is 12.7. The first kappa shape index (κ1) is 21.5. The van der Waals surface area contributed by atoms with Gasteiger partial charge in [0.15, 0.2) is 0 Å². The van der Waals surface area contributed by atoms with Crippen molar-refractivity contribution in [3.63, 3.8) is 0 Å².